The van der Waals surface area contributed by atoms with Crippen molar-refractivity contribution in [3.63, 3.8) is 0 Å². The molecule has 1 amide bonds. The molecule has 0 atom stereocenters. The number of methoxy groups -OCH3 is 1. The van der Waals surface area contributed by atoms with Gasteiger partial charge in [-0.1, -0.05) is 29.8 Å². The lowest BCUT2D eigenvalue weighted by Gasteiger charge is -2.11. The van der Waals surface area contributed by atoms with Crippen molar-refractivity contribution >= 4 is 11.6 Å². The molecule has 2 aromatic rings. The van der Waals surface area contributed by atoms with E-state index < -0.39 is 0 Å². The van der Waals surface area contributed by atoms with Gasteiger partial charge in [-0.15, -0.1) is 0 Å². The Balaban J connectivity index is 1.85. The quantitative estimate of drug-likeness (QED) is 0.884. The van der Waals surface area contributed by atoms with Crippen molar-refractivity contribution in [1.82, 2.24) is 0 Å². The van der Waals surface area contributed by atoms with Crippen molar-refractivity contribution in [1.29, 1.82) is 0 Å². The number of carbonyl (C=O) groups excluding carboxylic acids is 1. The van der Waals surface area contributed by atoms with E-state index in [2.05, 4.69) is 11.4 Å². The molecule has 4 nitrogen and oxygen atoms in total. The summed E-state index contributed by atoms with van der Waals surface area (Å²) in [7, 11) is 1.58. The molecule has 0 heterocycles. The minimum Gasteiger partial charge on any atom is -0.495 e. The Morgan fingerprint density at radius 1 is 1.09 bits per heavy atom. The molecule has 0 aliphatic rings. The summed E-state index contributed by atoms with van der Waals surface area (Å²) >= 11 is 0. The molecule has 0 aliphatic heterocycles. The molecule has 2 rings (SSSR count). The summed E-state index contributed by atoms with van der Waals surface area (Å²) in [4.78, 5) is 12.0. The minimum atomic E-state index is -0.103. The molecule has 0 saturated heterocycles. The van der Waals surface area contributed by atoms with Gasteiger partial charge in [0, 0.05) is 0 Å². The Hall–Kier alpha value is -2.49. The summed E-state index contributed by atoms with van der Waals surface area (Å²) in [5.41, 5.74) is 2.94. The largest absolute Gasteiger partial charge is 0.495 e. The summed E-state index contributed by atoms with van der Waals surface area (Å²) in [6.45, 7) is 4.37. The molecule has 0 fully saturated rings. The third-order valence-electron chi connectivity index (χ3n) is 3.30. The van der Waals surface area contributed by atoms with Crippen LogP contribution in [0.3, 0.4) is 0 Å². The molecule has 0 saturated carbocycles. The van der Waals surface area contributed by atoms with Crippen molar-refractivity contribution in [2.75, 3.05) is 19.0 Å². The standard InChI is InChI=1S/C18H21NO3/c1-13-8-9-16(14(2)12-13)22-11-10-18(20)19-15-6-4-5-7-17(15)21-3/h4-9,12H,10-11H2,1-3H3,(H,19,20). The lowest BCUT2D eigenvalue weighted by molar-refractivity contribution is -0.116. The van der Waals surface area contributed by atoms with E-state index >= 15 is 0 Å². The second kappa shape index (κ2) is 7.50. The van der Waals surface area contributed by atoms with Crippen molar-refractivity contribution in [2.24, 2.45) is 0 Å². The first-order valence-electron chi connectivity index (χ1n) is 7.23. The number of hydrogen-bond acceptors (Lipinski definition) is 3. The highest BCUT2D eigenvalue weighted by Crippen LogP contribution is 2.23. The molecule has 116 valence electrons. The smallest absolute Gasteiger partial charge is 0.227 e. The van der Waals surface area contributed by atoms with E-state index in [0.717, 1.165) is 11.3 Å². The van der Waals surface area contributed by atoms with Gasteiger partial charge in [0.15, 0.2) is 0 Å². The van der Waals surface area contributed by atoms with Gasteiger partial charge in [-0.3, -0.25) is 4.79 Å². The van der Waals surface area contributed by atoms with E-state index in [4.69, 9.17) is 9.47 Å². The van der Waals surface area contributed by atoms with Gasteiger partial charge >= 0.3 is 0 Å². The van der Waals surface area contributed by atoms with Crippen LogP contribution in [0.25, 0.3) is 0 Å². The number of hydrogen-bond donors (Lipinski definition) is 1. The van der Waals surface area contributed by atoms with Gasteiger partial charge < -0.3 is 14.8 Å². The number of aryl methyl sites for hydroxylation is 2. The zero-order chi connectivity index (χ0) is 15.9. The van der Waals surface area contributed by atoms with E-state index in [9.17, 15) is 4.79 Å². The lowest BCUT2D eigenvalue weighted by atomic mass is 10.1. The second-order valence-electron chi connectivity index (χ2n) is 5.12. The average Bonchev–Trinajstić information content (AvgIpc) is 2.50. The third kappa shape index (κ3) is 4.25. The molecule has 22 heavy (non-hydrogen) atoms. The monoisotopic (exact) mass is 299 g/mol. The number of ether oxygens (including phenoxy) is 2. The Morgan fingerprint density at radius 3 is 2.59 bits per heavy atom. The van der Waals surface area contributed by atoms with Crippen LogP contribution >= 0.6 is 0 Å². The SMILES string of the molecule is COc1ccccc1NC(=O)CCOc1ccc(C)cc1C. The van der Waals surface area contributed by atoms with Crippen LogP contribution in [-0.4, -0.2) is 19.6 Å². The van der Waals surface area contributed by atoms with Crippen LogP contribution in [-0.2, 0) is 4.79 Å². The van der Waals surface area contributed by atoms with Gasteiger partial charge in [0.2, 0.25) is 5.91 Å². The van der Waals surface area contributed by atoms with Crippen molar-refractivity contribution in [2.45, 2.75) is 20.3 Å². The fraction of sp³-hybridized carbons (Fsp3) is 0.278. The third-order valence-corrected chi connectivity index (χ3v) is 3.30. The summed E-state index contributed by atoms with van der Waals surface area (Å²) in [5.74, 6) is 1.36. The first-order chi connectivity index (χ1) is 10.6. The molecule has 0 aromatic heterocycles. The molecule has 2 aromatic carbocycles. The van der Waals surface area contributed by atoms with Gasteiger partial charge in [-0.05, 0) is 37.6 Å². The van der Waals surface area contributed by atoms with E-state index in [1.54, 1.807) is 7.11 Å². The van der Waals surface area contributed by atoms with Gasteiger partial charge in [0.05, 0.1) is 25.8 Å². The highest BCUT2D eigenvalue weighted by atomic mass is 16.5. The van der Waals surface area contributed by atoms with Crippen LogP contribution < -0.4 is 14.8 Å². The number of para-hydroxylation sites is 2. The predicted octanol–water partition coefficient (Wildman–Crippen LogP) is 3.72. The summed E-state index contributed by atoms with van der Waals surface area (Å²) in [5, 5.41) is 2.83. The topological polar surface area (TPSA) is 47.6 Å². The van der Waals surface area contributed by atoms with Gasteiger partial charge in [0.25, 0.3) is 0 Å². The van der Waals surface area contributed by atoms with E-state index in [1.807, 2.05) is 50.2 Å². The van der Waals surface area contributed by atoms with Crippen LogP contribution in [0.2, 0.25) is 0 Å². The maximum absolute atomic E-state index is 12.0. The van der Waals surface area contributed by atoms with E-state index in [1.165, 1.54) is 5.56 Å². The predicted molar refractivity (Wildman–Crippen MR) is 87.7 cm³/mol. The average molecular weight is 299 g/mol. The lowest BCUT2D eigenvalue weighted by Crippen LogP contribution is -2.15. The zero-order valence-corrected chi connectivity index (χ0v) is 13.2. The zero-order valence-electron chi connectivity index (χ0n) is 13.2. The number of nitrogens with one attached hydrogen (secondary N) is 1. The molecular weight excluding hydrogens is 278 g/mol. The van der Waals surface area contributed by atoms with Crippen molar-refractivity contribution in [3.05, 3.63) is 53.6 Å². The first kappa shape index (κ1) is 15.9. The van der Waals surface area contributed by atoms with Crippen LogP contribution in [0.15, 0.2) is 42.5 Å². The van der Waals surface area contributed by atoms with Crippen LogP contribution in [0.5, 0.6) is 11.5 Å². The van der Waals surface area contributed by atoms with Crippen LogP contribution in [0.1, 0.15) is 17.5 Å². The van der Waals surface area contributed by atoms with Gasteiger partial charge in [0.1, 0.15) is 11.5 Å². The van der Waals surface area contributed by atoms with Gasteiger partial charge in [-0.25, -0.2) is 0 Å². The molecule has 4 heteroatoms. The Morgan fingerprint density at radius 2 is 1.86 bits per heavy atom. The summed E-state index contributed by atoms with van der Waals surface area (Å²) in [6.07, 6.45) is 0.283. The Labute approximate surface area is 131 Å². The molecule has 0 unspecified atom stereocenters. The molecular formula is C18H21NO3. The minimum absolute atomic E-state index is 0.103. The summed E-state index contributed by atoms with van der Waals surface area (Å²) in [6, 6.07) is 13.3. The number of anilines is 1. The van der Waals surface area contributed by atoms with Crippen LogP contribution in [0, 0.1) is 13.8 Å². The molecule has 0 bridgehead atoms. The maximum Gasteiger partial charge on any atom is 0.227 e. The van der Waals surface area contributed by atoms with Crippen molar-refractivity contribution < 1.29 is 14.3 Å². The Kier molecular flexibility index (Phi) is 5.42. The van der Waals surface area contributed by atoms with Crippen molar-refractivity contribution in [3.8, 4) is 11.5 Å². The van der Waals surface area contributed by atoms with Crippen LogP contribution in [0.4, 0.5) is 5.69 Å². The Bertz CT molecular complexity index is 653. The highest BCUT2D eigenvalue weighted by Gasteiger charge is 2.07. The second-order valence-corrected chi connectivity index (χ2v) is 5.12. The summed E-state index contributed by atoms with van der Waals surface area (Å²) < 4.78 is 10.9. The molecule has 0 radical (unpaired) electrons. The highest BCUT2D eigenvalue weighted by molar-refractivity contribution is 5.92. The maximum atomic E-state index is 12.0. The fourth-order valence-corrected chi connectivity index (χ4v) is 2.18. The normalized spacial score (nSPS) is 10.1. The number of carbonyl (C=O) groups is 1. The fourth-order valence-electron chi connectivity index (χ4n) is 2.18. The molecule has 0 spiro atoms. The number of amides is 1. The van der Waals surface area contributed by atoms with E-state index in [0.29, 0.717) is 18.0 Å². The van der Waals surface area contributed by atoms with E-state index in [-0.39, 0.29) is 12.3 Å². The first-order valence-corrected chi connectivity index (χ1v) is 7.23. The number of benzene rings is 2. The molecule has 1 N–H and O–H groups in total. The number of rotatable bonds is 6. The molecule has 0 aliphatic carbocycles. The van der Waals surface area contributed by atoms with Gasteiger partial charge in [-0.2, -0.15) is 0 Å².